The van der Waals surface area contributed by atoms with Crippen LogP contribution in [-0.2, 0) is 9.53 Å². The van der Waals surface area contributed by atoms with E-state index in [1.54, 1.807) is 0 Å². The zero-order chi connectivity index (χ0) is 9.28. The van der Waals surface area contributed by atoms with Gasteiger partial charge in [-0.1, -0.05) is 20.4 Å². The van der Waals surface area contributed by atoms with Crippen LogP contribution >= 0.6 is 0 Å². The fraction of sp³-hybridized carbons (Fsp3) is 0.444. The third-order valence-electron chi connectivity index (χ3n) is 0.726. The summed E-state index contributed by atoms with van der Waals surface area (Å²) in [5.41, 5.74) is 0. The number of ether oxygens (including phenoxy) is 1. The Morgan fingerprint density at radius 3 is 2.27 bits per heavy atom. The first kappa shape index (κ1) is 12.6. The second-order valence-corrected chi connectivity index (χ2v) is 2.23. The van der Waals surface area contributed by atoms with E-state index >= 15 is 0 Å². The highest BCUT2D eigenvalue weighted by Crippen LogP contribution is 1.92. The van der Waals surface area contributed by atoms with Crippen molar-refractivity contribution in [2.45, 2.75) is 13.8 Å². The molecule has 0 aliphatic carbocycles. The normalized spacial score (nSPS) is 7.91. The highest BCUT2D eigenvalue weighted by molar-refractivity contribution is 5.81. The molecule has 64 valence electrons. The van der Waals surface area contributed by atoms with Crippen molar-refractivity contribution in [3.05, 3.63) is 25.8 Å². The molecule has 0 aromatic heterocycles. The van der Waals surface area contributed by atoms with E-state index in [-0.39, 0.29) is 5.97 Å². The topological polar surface area (TPSA) is 26.3 Å². The van der Waals surface area contributed by atoms with Gasteiger partial charge in [-0.2, -0.15) is 0 Å². The van der Waals surface area contributed by atoms with Gasteiger partial charge < -0.3 is 4.74 Å². The van der Waals surface area contributed by atoms with Crippen molar-refractivity contribution in [2.75, 3.05) is 6.61 Å². The van der Waals surface area contributed by atoms with Crippen molar-refractivity contribution in [3.8, 4) is 0 Å². The van der Waals surface area contributed by atoms with E-state index in [1.807, 2.05) is 13.8 Å². The Hall–Kier alpha value is -1.05. The largest absolute Gasteiger partial charge is 0.462 e. The van der Waals surface area contributed by atoms with Crippen molar-refractivity contribution in [1.29, 1.82) is 0 Å². The van der Waals surface area contributed by atoms with Crippen LogP contribution < -0.4 is 0 Å². The molecule has 0 saturated heterocycles. The molecule has 0 unspecified atom stereocenters. The molecule has 0 aromatic rings. The summed E-state index contributed by atoms with van der Waals surface area (Å²) in [6, 6.07) is 0. The molecule has 11 heavy (non-hydrogen) atoms. The van der Waals surface area contributed by atoms with Crippen LogP contribution in [0.4, 0.5) is 0 Å². The fourth-order valence-corrected chi connectivity index (χ4v) is 0.308. The lowest BCUT2D eigenvalue weighted by molar-refractivity contribution is -0.138. The average Bonchev–Trinajstić information content (AvgIpc) is 2.04. The van der Waals surface area contributed by atoms with Crippen LogP contribution in [0.15, 0.2) is 25.8 Å². The van der Waals surface area contributed by atoms with Gasteiger partial charge in [0.1, 0.15) is 0 Å². The highest BCUT2D eigenvalue weighted by Gasteiger charge is 1.96. The summed E-state index contributed by atoms with van der Waals surface area (Å²) in [5, 5.41) is 0. The highest BCUT2D eigenvalue weighted by atomic mass is 16.5. The molecule has 0 fully saturated rings. The summed E-state index contributed by atoms with van der Waals surface area (Å²) in [7, 11) is 0. The number of hydrogen-bond acceptors (Lipinski definition) is 2. The lowest BCUT2D eigenvalue weighted by Gasteiger charge is -2.02. The number of carbonyl (C=O) groups excluding carboxylic acids is 1. The van der Waals surface area contributed by atoms with E-state index in [1.165, 1.54) is 6.08 Å². The molecule has 0 aromatic carbocycles. The van der Waals surface area contributed by atoms with Crippen molar-refractivity contribution in [1.82, 2.24) is 0 Å². The first-order valence-corrected chi connectivity index (χ1v) is 3.46. The Balaban J connectivity index is 0. The summed E-state index contributed by atoms with van der Waals surface area (Å²) in [6.07, 6.45) is 1.17. The monoisotopic (exact) mass is 156 g/mol. The smallest absolute Gasteiger partial charge is 0.330 e. The zero-order valence-corrected chi connectivity index (χ0v) is 7.30. The van der Waals surface area contributed by atoms with Gasteiger partial charge in [-0.25, -0.2) is 4.79 Å². The molecule has 0 saturated carbocycles. The summed E-state index contributed by atoms with van der Waals surface area (Å²) >= 11 is 0. The Morgan fingerprint density at radius 1 is 1.55 bits per heavy atom. The summed E-state index contributed by atoms with van der Waals surface area (Å²) in [6.45, 7) is 13.7. The molecule has 0 rings (SSSR count). The van der Waals surface area contributed by atoms with Crippen LogP contribution in [0.3, 0.4) is 0 Å². The second kappa shape index (κ2) is 8.95. The predicted octanol–water partition coefficient (Wildman–Crippen LogP) is 2.17. The molecule has 0 aliphatic heterocycles. The minimum atomic E-state index is -0.344. The van der Waals surface area contributed by atoms with Crippen LogP contribution in [0.2, 0.25) is 0 Å². The van der Waals surface area contributed by atoms with Crippen molar-refractivity contribution >= 4 is 5.97 Å². The standard InChI is InChI=1S/C7H12O2.C2H4/c1-4-7(8)9-5-6(2)3;1-2/h4,6H,1,5H2,2-3H3;1-2H2. The molecular formula is C9H16O2. The molecular weight excluding hydrogens is 140 g/mol. The van der Waals surface area contributed by atoms with Gasteiger partial charge in [0, 0.05) is 6.08 Å². The minimum absolute atomic E-state index is 0.344. The lowest BCUT2D eigenvalue weighted by Crippen LogP contribution is -2.06. The molecule has 0 atom stereocenters. The van der Waals surface area contributed by atoms with Gasteiger partial charge >= 0.3 is 5.97 Å². The molecule has 0 spiro atoms. The molecule has 2 heteroatoms. The van der Waals surface area contributed by atoms with Crippen molar-refractivity contribution in [2.24, 2.45) is 5.92 Å². The Bertz CT molecular complexity index is 117. The van der Waals surface area contributed by atoms with E-state index in [2.05, 4.69) is 19.7 Å². The van der Waals surface area contributed by atoms with E-state index in [4.69, 9.17) is 4.74 Å². The first-order valence-electron chi connectivity index (χ1n) is 3.46. The van der Waals surface area contributed by atoms with Crippen LogP contribution in [0.25, 0.3) is 0 Å². The molecule has 0 amide bonds. The van der Waals surface area contributed by atoms with Gasteiger partial charge in [-0.05, 0) is 5.92 Å². The fourth-order valence-electron chi connectivity index (χ4n) is 0.308. The molecule has 0 radical (unpaired) electrons. The van der Waals surface area contributed by atoms with Gasteiger partial charge in [0.15, 0.2) is 0 Å². The van der Waals surface area contributed by atoms with Crippen LogP contribution in [0.5, 0.6) is 0 Å². The quantitative estimate of drug-likeness (QED) is 0.355. The Labute approximate surface area is 68.6 Å². The van der Waals surface area contributed by atoms with Gasteiger partial charge in [0.25, 0.3) is 0 Å². The molecule has 0 heterocycles. The second-order valence-electron chi connectivity index (χ2n) is 2.23. The lowest BCUT2D eigenvalue weighted by atomic mass is 10.2. The van der Waals surface area contributed by atoms with Crippen LogP contribution in [-0.4, -0.2) is 12.6 Å². The van der Waals surface area contributed by atoms with E-state index in [9.17, 15) is 4.79 Å². The number of esters is 1. The van der Waals surface area contributed by atoms with E-state index < -0.39 is 0 Å². The third kappa shape index (κ3) is 12.2. The Kier molecular flexibility index (Phi) is 10.3. The maximum absolute atomic E-state index is 10.4. The maximum atomic E-state index is 10.4. The SMILES string of the molecule is C=C.C=CC(=O)OCC(C)C. The molecule has 0 bridgehead atoms. The van der Waals surface area contributed by atoms with Crippen molar-refractivity contribution in [3.63, 3.8) is 0 Å². The van der Waals surface area contributed by atoms with E-state index in [0.29, 0.717) is 12.5 Å². The molecule has 2 nitrogen and oxygen atoms in total. The summed E-state index contributed by atoms with van der Waals surface area (Å²) in [4.78, 5) is 10.4. The number of hydrogen-bond donors (Lipinski definition) is 0. The van der Waals surface area contributed by atoms with E-state index in [0.717, 1.165) is 0 Å². The van der Waals surface area contributed by atoms with Gasteiger partial charge in [-0.3, -0.25) is 0 Å². The number of rotatable bonds is 3. The van der Waals surface area contributed by atoms with Gasteiger partial charge in [0.2, 0.25) is 0 Å². The van der Waals surface area contributed by atoms with Crippen LogP contribution in [0, 0.1) is 5.92 Å². The molecule has 0 N–H and O–H groups in total. The van der Waals surface area contributed by atoms with Crippen LogP contribution in [0.1, 0.15) is 13.8 Å². The van der Waals surface area contributed by atoms with Crippen molar-refractivity contribution < 1.29 is 9.53 Å². The van der Waals surface area contributed by atoms with Gasteiger partial charge in [-0.15, -0.1) is 13.2 Å². The Morgan fingerprint density at radius 2 is 2.00 bits per heavy atom. The summed E-state index contributed by atoms with van der Waals surface area (Å²) < 4.78 is 4.70. The maximum Gasteiger partial charge on any atom is 0.330 e. The zero-order valence-electron chi connectivity index (χ0n) is 7.30. The van der Waals surface area contributed by atoms with Gasteiger partial charge in [0.05, 0.1) is 6.61 Å². The first-order chi connectivity index (χ1) is 5.16. The third-order valence-corrected chi connectivity index (χ3v) is 0.726. The minimum Gasteiger partial charge on any atom is -0.462 e. The number of carbonyl (C=O) groups is 1. The summed E-state index contributed by atoms with van der Waals surface area (Å²) in [5.74, 6) is 0.0533. The molecule has 0 aliphatic rings. The predicted molar refractivity (Wildman–Crippen MR) is 47.2 cm³/mol. The average molecular weight is 156 g/mol.